The van der Waals surface area contributed by atoms with E-state index in [-0.39, 0.29) is 5.91 Å². The van der Waals surface area contributed by atoms with Crippen molar-refractivity contribution >= 4 is 17.3 Å². The van der Waals surface area contributed by atoms with Gasteiger partial charge in [-0.25, -0.2) is 0 Å². The highest BCUT2D eigenvalue weighted by Crippen LogP contribution is 2.16. The van der Waals surface area contributed by atoms with Crippen molar-refractivity contribution in [1.29, 1.82) is 0 Å². The lowest BCUT2D eigenvalue weighted by Gasteiger charge is -2.09. The van der Waals surface area contributed by atoms with Crippen molar-refractivity contribution in [2.45, 2.75) is 6.42 Å². The molecule has 26 heavy (non-hydrogen) atoms. The lowest BCUT2D eigenvalue weighted by Crippen LogP contribution is -2.26. The van der Waals surface area contributed by atoms with Crippen molar-refractivity contribution in [2.75, 3.05) is 19.0 Å². The Morgan fingerprint density at radius 3 is 2.50 bits per heavy atom. The molecule has 2 aromatic carbocycles. The summed E-state index contributed by atoms with van der Waals surface area (Å²) >= 11 is 0. The van der Waals surface area contributed by atoms with Crippen LogP contribution < -0.4 is 15.4 Å². The van der Waals surface area contributed by atoms with Crippen LogP contribution in [0.2, 0.25) is 0 Å². The van der Waals surface area contributed by atoms with E-state index in [0.29, 0.717) is 12.2 Å². The van der Waals surface area contributed by atoms with E-state index >= 15 is 0 Å². The fourth-order valence-electron chi connectivity index (χ4n) is 2.52. The molecule has 0 aliphatic carbocycles. The molecule has 0 saturated carbocycles. The number of benzene rings is 2. The highest BCUT2D eigenvalue weighted by Gasteiger charge is 2.08. The molecule has 5 heteroatoms. The first-order valence-corrected chi connectivity index (χ1v) is 8.44. The molecule has 0 unspecified atom stereocenters. The topological polar surface area (TPSA) is 63.2 Å². The predicted octanol–water partition coefficient (Wildman–Crippen LogP) is 3.81. The zero-order chi connectivity index (χ0) is 18.2. The normalized spacial score (nSPS) is 10.2. The van der Waals surface area contributed by atoms with Crippen LogP contribution in [0.5, 0.6) is 5.75 Å². The Balaban J connectivity index is 1.55. The van der Waals surface area contributed by atoms with Gasteiger partial charge in [0.15, 0.2) is 0 Å². The van der Waals surface area contributed by atoms with Crippen LogP contribution in [0.25, 0.3) is 0 Å². The van der Waals surface area contributed by atoms with Gasteiger partial charge in [-0.05, 0) is 48.4 Å². The van der Waals surface area contributed by atoms with Gasteiger partial charge in [0.05, 0.1) is 7.11 Å². The number of carbonyl (C=O) groups excluding carboxylic acids is 1. The molecule has 3 rings (SSSR count). The second kappa shape index (κ2) is 8.67. The van der Waals surface area contributed by atoms with E-state index in [9.17, 15) is 4.79 Å². The summed E-state index contributed by atoms with van der Waals surface area (Å²) in [7, 11) is 1.64. The van der Waals surface area contributed by atoms with Gasteiger partial charge in [0, 0.05) is 24.1 Å². The third-order valence-corrected chi connectivity index (χ3v) is 3.91. The molecule has 1 aromatic heterocycles. The van der Waals surface area contributed by atoms with Crippen LogP contribution in [0.1, 0.15) is 16.1 Å². The van der Waals surface area contributed by atoms with Crippen molar-refractivity contribution in [3.63, 3.8) is 0 Å². The van der Waals surface area contributed by atoms with Crippen LogP contribution in [0.15, 0.2) is 72.9 Å². The number of hydrogen-bond acceptors (Lipinski definition) is 4. The van der Waals surface area contributed by atoms with E-state index in [1.54, 1.807) is 19.4 Å². The fourth-order valence-corrected chi connectivity index (χ4v) is 2.52. The summed E-state index contributed by atoms with van der Waals surface area (Å²) in [5.41, 5.74) is 3.32. The van der Waals surface area contributed by atoms with E-state index in [0.717, 1.165) is 29.1 Å². The standard InChI is InChI=1S/C21H21N3O2/c1-26-19-9-7-16(8-10-19)11-13-23-21(25)20-15-18(12-14-22-20)24-17-5-3-2-4-6-17/h2-10,12,14-15H,11,13H2,1H3,(H,22,24)(H,23,25). The monoisotopic (exact) mass is 347 g/mol. The molecule has 1 heterocycles. The van der Waals surface area contributed by atoms with Crippen molar-refractivity contribution in [3.8, 4) is 5.75 Å². The molecule has 0 atom stereocenters. The minimum absolute atomic E-state index is 0.185. The number of nitrogens with zero attached hydrogens (tertiary/aromatic N) is 1. The zero-order valence-corrected chi connectivity index (χ0v) is 14.6. The third-order valence-electron chi connectivity index (χ3n) is 3.91. The molecule has 1 amide bonds. The number of carbonyl (C=O) groups is 1. The average Bonchev–Trinajstić information content (AvgIpc) is 2.69. The first kappa shape index (κ1) is 17.5. The minimum Gasteiger partial charge on any atom is -0.497 e. The van der Waals surface area contributed by atoms with Crippen LogP contribution in [0.3, 0.4) is 0 Å². The molecule has 0 aliphatic rings. The maximum atomic E-state index is 12.3. The summed E-state index contributed by atoms with van der Waals surface area (Å²) in [4.78, 5) is 16.5. The Morgan fingerprint density at radius 1 is 1.00 bits per heavy atom. The number of aromatic nitrogens is 1. The highest BCUT2D eigenvalue weighted by atomic mass is 16.5. The van der Waals surface area contributed by atoms with E-state index < -0.39 is 0 Å². The number of pyridine rings is 1. The number of anilines is 2. The van der Waals surface area contributed by atoms with Crippen molar-refractivity contribution in [1.82, 2.24) is 10.3 Å². The lowest BCUT2D eigenvalue weighted by atomic mass is 10.1. The second-order valence-electron chi connectivity index (χ2n) is 5.77. The molecule has 3 aromatic rings. The Kier molecular flexibility index (Phi) is 5.83. The number of nitrogens with one attached hydrogen (secondary N) is 2. The first-order valence-electron chi connectivity index (χ1n) is 8.44. The summed E-state index contributed by atoms with van der Waals surface area (Å²) < 4.78 is 5.14. The lowest BCUT2D eigenvalue weighted by molar-refractivity contribution is 0.0949. The van der Waals surface area contributed by atoms with Gasteiger partial charge in [-0.3, -0.25) is 9.78 Å². The molecule has 0 aliphatic heterocycles. The molecule has 0 spiro atoms. The maximum Gasteiger partial charge on any atom is 0.269 e. The number of para-hydroxylation sites is 1. The van der Waals surface area contributed by atoms with E-state index in [4.69, 9.17) is 4.74 Å². The van der Waals surface area contributed by atoms with E-state index in [2.05, 4.69) is 15.6 Å². The first-order chi connectivity index (χ1) is 12.7. The summed E-state index contributed by atoms with van der Waals surface area (Å²) in [6, 6.07) is 21.2. The number of ether oxygens (including phenoxy) is 1. The van der Waals surface area contributed by atoms with Gasteiger partial charge in [0.1, 0.15) is 11.4 Å². The number of methoxy groups -OCH3 is 1. The van der Waals surface area contributed by atoms with Crippen molar-refractivity contribution in [3.05, 3.63) is 84.2 Å². The fraction of sp³-hybridized carbons (Fsp3) is 0.143. The summed E-state index contributed by atoms with van der Waals surface area (Å²) in [6.45, 7) is 0.545. The Labute approximate surface area is 153 Å². The van der Waals surface area contributed by atoms with Crippen LogP contribution >= 0.6 is 0 Å². The largest absolute Gasteiger partial charge is 0.497 e. The highest BCUT2D eigenvalue weighted by molar-refractivity contribution is 5.93. The maximum absolute atomic E-state index is 12.3. The second-order valence-corrected chi connectivity index (χ2v) is 5.77. The third kappa shape index (κ3) is 4.83. The molecular formula is C21H21N3O2. The van der Waals surface area contributed by atoms with Gasteiger partial charge >= 0.3 is 0 Å². The zero-order valence-electron chi connectivity index (χ0n) is 14.6. The Hall–Kier alpha value is -3.34. The number of hydrogen-bond donors (Lipinski definition) is 2. The summed E-state index contributed by atoms with van der Waals surface area (Å²) in [5, 5.41) is 6.17. The van der Waals surface area contributed by atoms with E-state index in [1.165, 1.54) is 0 Å². The van der Waals surface area contributed by atoms with Crippen molar-refractivity contribution in [2.24, 2.45) is 0 Å². The Morgan fingerprint density at radius 2 is 1.77 bits per heavy atom. The average molecular weight is 347 g/mol. The van der Waals surface area contributed by atoms with Gasteiger partial charge in [-0.2, -0.15) is 0 Å². The molecule has 0 fully saturated rings. The molecule has 0 radical (unpaired) electrons. The van der Waals surface area contributed by atoms with Crippen LogP contribution in [-0.4, -0.2) is 24.5 Å². The van der Waals surface area contributed by atoms with Gasteiger partial charge in [-0.15, -0.1) is 0 Å². The van der Waals surface area contributed by atoms with Crippen LogP contribution in [0, 0.1) is 0 Å². The van der Waals surface area contributed by atoms with Crippen LogP contribution in [0.4, 0.5) is 11.4 Å². The van der Waals surface area contributed by atoms with Gasteiger partial charge in [0.25, 0.3) is 5.91 Å². The molecule has 0 saturated heterocycles. The van der Waals surface area contributed by atoms with E-state index in [1.807, 2.05) is 60.7 Å². The van der Waals surface area contributed by atoms with Gasteiger partial charge in [0.2, 0.25) is 0 Å². The molecule has 5 nitrogen and oxygen atoms in total. The van der Waals surface area contributed by atoms with Crippen LogP contribution in [-0.2, 0) is 6.42 Å². The SMILES string of the molecule is COc1ccc(CCNC(=O)c2cc(Nc3ccccc3)ccn2)cc1. The summed E-state index contributed by atoms with van der Waals surface area (Å²) in [6.07, 6.45) is 2.38. The van der Waals surface area contributed by atoms with Crippen molar-refractivity contribution < 1.29 is 9.53 Å². The molecule has 132 valence electrons. The quantitative estimate of drug-likeness (QED) is 0.682. The van der Waals surface area contributed by atoms with Gasteiger partial charge < -0.3 is 15.4 Å². The summed E-state index contributed by atoms with van der Waals surface area (Å²) in [5.74, 6) is 0.639. The predicted molar refractivity (Wildman–Crippen MR) is 103 cm³/mol. The smallest absolute Gasteiger partial charge is 0.269 e. The minimum atomic E-state index is -0.185. The molecular weight excluding hydrogens is 326 g/mol. The number of rotatable bonds is 7. The molecule has 2 N–H and O–H groups in total. The number of amides is 1. The molecule has 0 bridgehead atoms. The Bertz CT molecular complexity index is 849. The van der Waals surface area contributed by atoms with Gasteiger partial charge in [-0.1, -0.05) is 30.3 Å².